The largest absolute Gasteiger partial charge is 0.418 e. The van der Waals surface area contributed by atoms with E-state index in [0.717, 1.165) is 17.8 Å². The predicted molar refractivity (Wildman–Crippen MR) is 114 cm³/mol. The fraction of sp³-hybridized carbons (Fsp3) is 0.190. The number of carbonyl (C=O) groups is 3. The molecular formula is C21H18F3N3O3S. The van der Waals surface area contributed by atoms with Crippen LogP contribution in [0.2, 0.25) is 0 Å². The molecular weight excluding hydrogens is 431 g/mol. The van der Waals surface area contributed by atoms with Crippen LogP contribution in [0.5, 0.6) is 0 Å². The molecule has 1 fully saturated rings. The molecule has 1 saturated heterocycles. The Kier molecular flexibility index (Phi) is 6.40. The van der Waals surface area contributed by atoms with Crippen molar-refractivity contribution in [3.05, 3.63) is 64.6 Å². The summed E-state index contributed by atoms with van der Waals surface area (Å²) in [4.78, 5) is 39.8. The van der Waals surface area contributed by atoms with Crippen molar-refractivity contribution in [3.63, 3.8) is 0 Å². The third-order valence-electron chi connectivity index (χ3n) is 4.39. The molecule has 2 aromatic rings. The standard InChI is InChI=1S/C21H18F3N3O3S/c1-26(2)14-9-7-13(8-10-14)11-17-19(29)27(20(30)31-17)12-18(28)25-16-6-4-3-5-15(16)21(22,23)24/h3-11H,12H2,1-2H3,(H,25,28)/b17-11-. The summed E-state index contributed by atoms with van der Waals surface area (Å²) in [6.45, 7) is -0.687. The first kappa shape index (κ1) is 22.4. The third kappa shape index (κ3) is 5.26. The monoisotopic (exact) mass is 449 g/mol. The van der Waals surface area contributed by atoms with Crippen molar-refractivity contribution in [3.8, 4) is 0 Å². The Balaban J connectivity index is 1.71. The molecule has 0 aromatic heterocycles. The number of para-hydroxylation sites is 1. The van der Waals surface area contributed by atoms with Gasteiger partial charge in [-0.15, -0.1) is 0 Å². The summed E-state index contributed by atoms with van der Waals surface area (Å²) < 4.78 is 39.2. The first-order valence-electron chi connectivity index (χ1n) is 9.05. The van der Waals surface area contributed by atoms with E-state index in [1.807, 2.05) is 31.1 Å². The molecule has 0 saturated carbocycles. The molecule has 6 nitrogen and oxygen atoms in total. The summed E-state index contributed by atoms with van der Waals surface area (Å²) in [6.07, 6.45) is -3.13. The molecule has 31 heavy (non-hydrogen) atoms. The van der Waals surface area contributed by atoms with Crippen LogP contribution in [0, 0.1) is 0 Å². The predicted octanol–water partition coefficient (Wildman–Crippen LogP) is 4.45. The summed E-state index contributed by atoms with van der Waals surface area (Å²) >= 11 is 0.671. The van der Waals surface area contributed by atoms with Gasteiger partial charge in [0.1, 0.15) is 6.54 Å². The highest BCUT2D eigenvalue weighted by Crippen LogP contribution is 2.35. The van der Waals surface area contributed by atoms with E-state index in [2.05, 4.69) is 5.32 Å². The van der Waals surface area contributed by atoms with Gasteiger partial charge in [-0.3, -0.25) is 19.3 Å². The van der Waals surface area contributed by atoms with Gasteiger partial charge in [0.25, 0.3) is 11.1 Å². The van der Waals surface area contributed by atoms with Gasteiger partial charge in [0.05, 0.1) is 16.2 Å². The van der Waals surface area contributed by atoms with Crippen molar-refractivity contribution in [2.45, 2.75) is 6.18 Å². The highest BCUT2D eigenvalue weighted by atomic mass is 32.2. The van der Waals surface area contributed by atoms with Crippen LogP contribution in [-0.4, -0.2) is 42.6 Å². The van der Waals surface area contributed by atoms with Crippen LogP contribution in [0.4, 0.5) is 29.3 Å². The quantitative estimate of drug-likeness (QED) is 0.684. The van der Waals surface area contributed by atoms with E-state index in [4.69, 9.17) is 0 Å². The summed E-state index contributed by atoms with van der Waals surface area (Å²) in [6, 6.07) is 11.7. The molecule has 0 atom stereocenters. The Hall–Kier alpha value is -3.27. The number of benzene rings is 2. The average Bonchev–Trinajstić information content (AvgIpc) is 2.95. The lowest BCUT2D eigenvalue weighted by atomic mass is 10.1. The van der Waals surface area contributed by atoms with Crippen LogP contribution in [0.3, 0.4) is 0 Å². The molecule has 1 N–H and O–H groups in total. The van der Waals surface area contributed by atoms with Gasteiger partial charge in [-0.25, -0.2) is 0 Å². The second-order valence-corrected chi connectivity index (χ2v) is 7.84. The number of alkyl halides is 3. The number of nitrogens with one attached hydrogen (secondary N) is 1. The van der Waals surface area contributed by atoms with E-state index in [1.54, 1.807) is 12.1 Å². The van der Waals surface area contributed by atoms with Crippen LogP contribution in [0.15, 0.2) is 53.4 Å². The number of nitrogens with zero attached hydrogens (tertiary/aromatic N) is 2. The molecule has 3 amide bonds. The molecule has 2 aromatic carbocycles. The summed E-state index contributed by atoms with van der Waals surface area (Å²) in [5.41, 5.74) is 0.197. The fourth-order valence-corrected chi connectivity index (χ4v) is 3.67. The van der Waals surface area contributed by atoms with Crippen molar-refractivity contribution in [1.82, 2.24) is 4.90 Å². The van der Waals surface area contributed by atoms with Crippen molar-refractivity contribution in [2.75, 3.05) is 30.9 Å². The van der Waals surface area contributed by atoms with Crippen LogP contribution < -0.4 is 10.2 Å². The first-order valence-corrected chi connectivity index (χ1v) is 9.87. The smallest absolute Gasteiger partial charge is 0.378 e. The van der Waals surface area contributed by atoms with Crippen molar-refractivity contribution in [1.29, 1.82) is 0 Å². The maximum atomic E-state index is 13.1. The van der Waals surface area contributed by atoms with E-state index in [-0.39, 0.29) is 4.91 Å². The highest BCUT2D eigenvalue weighted by molar-refractivity contribution is 8.18. The minimum absolute atomic E-state index is 0.131. The minimum Gasteiger partial charge on any atom is -0.378 e. The fourth-order valence-electron chi connectivity index (χ4n) is 2.83. The molecule has 3 rings (SSSR count). The van der Waals surface area contributed by atoms with Crippen molar-refractivity contribution in [2.24, 2.45) is 0 Å². The second kappa shape index (κ2) is 8.84. The Labute approximate surface area is 180 Å². The maximum absolute atomic E-state index is 13.1. The summed E-state index contributed by atoms with van der Waals surface area (Å²) in [5.74, 6) is -1.58. The zero-order valence-electron chi connectivity index (χ0n) is 16.6. The van der Waals surface area contributed by atoms with Crippen LogP contribution in [0.25, 0.3) is 6.08 Å². The van der Waals surface area contributed by atoms with Gasteiger partial charge in [0.15, 0.2) is 0 Å². The van der Waals surface area contributed by atoms with Crippen molar-refractivity contribution >= 4 is 46.3 Å². The van der Waals surface area contributed by atoms with E-state index in [1.165, 1.54) is 18.2 Å². The molecule has 0 bridgehead atoms. The van der Waals surface area contributed by atoms with Gasteiger partial charge in [0, 0.05) is 19.8 Å². The van der Waals surface area contributed by atoms with Crippen molar-refractivity contribution < 1.29 is 27.6 Å². The molecule has 0 aliphatic carbocycles. The summed E-state index contributed by atoms with van der Waals surface area (Å²) in [7, 11) is 3.77. The summed E-state index contributed by atoms with van der Waals surface area (Å²) in [5, 5.41) is 1.46. The number of rotatable bonds is 5. The number of imide groups is 1. The van der Waals surface area contributed by atoms with Gasteiger partial charge in [-0.2, -0.15) is 13.2 Å². The molecule has 1 aliphatic rings. The lowest BCUT2D eigenvalue weighted by Crippen LogP contribution is -2.36. The van der Waals surface area contributed by atoms with E-state index >= 15 is 0 Å². The molecule has 1 aliphatic heterocycles. The normalized spacial score (nSPS) is 15.5. The number of hydrogen-bond donors (Lipinski definition) is 1. The van der Waals surface area contributed by atoms with Crippen LogP contribution >= 0.6 is 11.8 Å². The Morgan fingerprint density at radius 1 is 1.10 bits per heavy atom. The van der Waals surface area contributed by atoms with Gasteiger partial charge in [-0.05, 0) is 47.7 Å². The molecule has 162 valence electrons. The zero-order valence-corrected chi connectivity index (χ0v) is 17.4. The Morgan fingerprint density at radius 3 is 2.35 bits per heavy atom. The number of anilines is 2. The van der Waals surface area contributed by atoms with E-state index in [9.17, 15) is 27.6 Å². The Morgan fingerprint density at radius 2 is 1.74 bits per heavy atom. The minimum atomic E-state index is -4.66. The number of halogens is 3. The molecule has 0 spiro atoms. The topological polar surface area (TPSA) is 69.7 Å². The van der Waals surface area contributed by atoms with Crippen LogP contribution in [-0.2, 0) is 15.8 Å². The van der Waals surface area contributed by atoms with Gasteiger partial charge in [0.2, 0.25) is 5.91 Å². The molecule has 0 radical (unpaired) electrons. The first-order chi connectivity index (χ1) is 14.6. The maximum Gasteiger partial charge on any atom is 0.418 e. The molecule has 1 heterocycles. The lowest BCUT2D eigenvalue weighted by molar-refractivity contribution is -0.137. The van der Waals surface area contributed by atoms with E-state index < -0.39 is 41.0 Å². The number of hydrogen-bond acceptors (Lipinski definition) is 5. The lowest BCUT2D eigenvalue weighted by Gasteiger charge is -2.15. The van der Waals surface area contributed by atoms with Gasteiger partial charge < -0.3 is 10.2 Å². The average molecular weight is 449 g/mol. The van der Waals surface area contributed by atoms with E-state index in [0.29, 0.717) is 22.2 Å². The van der Waals surface area contributed by atoms with Crippen LogP contribution in [0.1, 0.15) is 11.1 Å². The number of amides is 3. The zero-order chi connectivity index (χ0) is 22.8. The number of thioether (sulfide) groups is 1. The molecule has 0 unspecified atom stereocenters. The van der Waals surface area contributed by atoms with Gasteiger partial charge >= 0.3 is 6.18 Å². The number of carbonyl (C=O) groups excluding carboxylic acids is 3. The second-order valence-electron chi connectivity index (χ2n) is 6.85. The van der Waals surface area contributed by atoms with Gasteiger partial charge in [-0.1, -0.05) is 24.3 Å². The highest BCUT2D eigenvalue weighted by Gasteiger charge is 2.37. The Bertz CT molecular complexity index is 1050. The third-order valence-corrected chi connectivity index (χ3v) is 5.30. The molecule has 10 heteroatoms. The SMILES string of the molecule is CN(C)c1ccc(/C=C2\SC(=O)N(CC(=O)Nc3ccccc3C(F)(F)F)C2=O)cc1.